The smallest absolute Gasteiger partial charge is 0.0140 e. The summed E-state index contributed by atoms with van der Waals surface area (Å²) in [5.74, 6) is 0. The van der Waals surface area contributed by atoms with Crippen LogP contribution >= 0.6 is 0 Å². The van der Waals surface area contributed by atoms with Gasteiger partial charge in [-0.25, -0.2) is 0 Å². The van der Waals surface area contributed by atoms with E-state index in [0.717, 1.165) is 0 Å². The molecule has 6 aromatic carbocycles. The van der Waals surface area contributed by atoms with E-state index in [4.69, 9.17) is 0 Å². The molecule has 4 heteroatoms. The lowest BCUT2D eigenvalue weighted by molar-refractivity contribution is 0.505. The van der Waals surface area contributed by atoms with Crippen molar-refractivity contribution in [1.82, 2.24) is 19.6 Å². The third-order valence-corrected chi connectivity index (χ3v) is 4.98. The zero-order valence-electron chi connectivity index (χ0n) is 42.6. The Bertz CT molecular complexity index is 1160. The Hall–Kier alpha value is -4.06. The summed E-state index contributed by atoms with van der Waals surface area (Å²) in [6, 6.07) is 50.1. The molecule has 6 aromatic rings. The highest BCUT2D eigenvalue weighted by molar-refractivity contribution is 5.83. The van der Waals surface area contributed by atoms with Gasteiger partial charge in [-0.05, 0) is 117 Å². The van der Waals surface area contributed by atoms with Crippen LogP contribution in [0.4, 0.5) is 0 Å². The average Bonchev–Trinajstić information content (AvgIpc) is 3.25. The minimum atomic E-state index is 1.31. The van der Waals surface area contributed by atoms with E-state index >= 15 is 0 Å². The van der Waals surface area contributed by atoms with Crippen molar-refractivity contribution >= 4 is 32.3 Å². The topological polar surface area (TPSA) is 13.0 Å². The molecule has 0 aliphatic rings. The molecule has 0 bridgehead atoms. The molecule has 0 aliphatic carbocycles. The predicted octanol–water partition coefficient (Wildman–Crippen LogP) is 15.4. The second kappa shape index (κ2) is 57.3. The first-order valence-corrected chi connectivity index (χ1v) is 21.6. The third-order valence-electron chi connectivity index (χ3n) is 4.98. The van der Waals surface area contributed by atoms with E-state index in [9.17, 15) is 0 Å². The van der Waals surface area contributed by atoms with Crippen molar-refractivity contribution in [3.8, 4) is 0 Å². The lowest BCUT2D eigenvalue weighted by Crippen LogP contribution is -1.99. The molecular weight excluding hydrogens is 705 g/mol. The van der Waals surface area contributed by atoms with Crippen LogP contribution in [0.5, 0.6) is 0 Å². The Morgan fingerprint density at radius 3 is 0.276 bits per heavy atom. The first-order chi connectivity index (χ1) is 27.8. The predicted molar refractivity (Wildman–Crippen MR) is 278 cm³/mol. The maximum Gasteiger partial charge on any atom is -0.0140 e. The lowest BCUT2D eigenvalue weighted by Gasteiger charge is -1.92. The van der Waals surface area contributed by atoms with Gasteiger partial charge < -0.3 is 19.6 Å². The summed E-state index contributed by atoms with van der Waals surface area (Å²) in [6.07, 6.45) is 0. The minimum Gasteiger partial charge on any atom is -0.312 e. The molecule has 58 heavy (non-hydrogen) atoms. The molecule has 0 unspecified atom stereocenters. The Balaban J connectivity index is -0.000000104. The van der Waals surface area contributed by atoms with Crippen LogP contribution in [0.25, 0.3) is 32.3 Å². The molecule has 332 valence electrons. The first kappa shape index (κ1) is 68.6. The summed E-state index contributed by atoms with van der Waals surface area (Å²) in [7, 11) is 24.0. The van der Waals surface area contributed by atoms with Crippen LogP contribution in [0.1, 0.15) is 83.1 Å². The van der Waals surface area contributed by atoms with Gasteiger partial charge in [-0.3, -0.25) is 0 Å². The molecule has 0 heterocycles. The van der Waals surface area contributed by atoms with Crippen LogP contribution in [-0.4, -0.2) is 104 Å². The summed E-state index contributed by atoms with van der Waals surface area (Å²) >= 11 is 0. The van der Waals surface area contributed by atoms with E-state index in [2.05, 4.69) is 146 Å². The fraction of sp³-hybridized carbons (Fsp3) is 0.444. The Kier molecular flexibility index (Phi) is 67.7. The molecule has 6 rings (SSSR count). The Labute approximate surface area is 363 Å². The SMILES string of the molecule is CC.CC.CC.CC.CC.CC.CN(C)C.CN(C)C.CN(C)C.CN(C)C.c1ccc2ccccc2c1.c1ccc2ccccc2c1.c1ccc2ccccc2c1. The fourth-order valence-electron chi connectivity index (χ4n) is 3.40. The molecule has 0 spiro atoms. The lowest BCUT2D eigenvalue weighted by atomic mass is 10.1. The zero-order valence-corrected chi connectivity index (χ0v) is 42.6. The Morgan fingerprint density at radius 1 is 0.172 bits per heavy atom. The quantitative estimate of drug-likeness (QED) is 0.152. The maximum absolute atomic E-state index is 2.12. The number of rotatable bonds is 0. The Morgan fingerprint density at radius 2 is 0.224 bits per heavy atom. The molecule has 0 saturated carbocycles. The summed E-state index contributed by atoms with van der Waals surface area (Å²) in [6.45, 7) is 24.0. The second-order valence-electron chi connectivity index (χ2n) is 12.4. The normalized spacial score (nSPS) is 8.28. The van der Waals surface area contributed by atoms with Gasteiger partial charge >= 0.3 is 0 Å². The number of hydrogen-bond acceptors (Lipinski definition) is 4. The van der Waals surface area contributed by atoms with Crippen molar-refractivity contribution in [2.24, 2.45) is 0 Å². The highest BCUT2D eigenvalue weighted by atomic mass is 15.0. The van der Waals surface area contributed by atoms with E-state index in [1.807, 2.05) is 187 Å². The van der Waals surface area contributed by atoms with E-state index in [-0.39, 0.29) is 0 Å². The van der Waals surface area contributed by atoms with Crippen molar-refractivity contribution in [2.75, 3.05) is 84.6 Å². The van der Waals surface area contributed by atoms with E-state index < -0.39 is 0 Å². The molecule has 0 saturated heterocycles. The molecule has 0 N–H and O–H groups in total. The largest absolute Gasteiger partial charge is 0.312 e. The second-order valence-corrected chi connectivity index (χ2v) is 12.4. The molecule has 0 atom stereocenters. The summed E-state index contributed by atoms with van der Waals surface area (Å²) in [5.41, 5.74) is 0. The highest BCUT2D eigenvalue weighted by Crippen LogP contribution is 2.12. The summed E-state index contributed by atoms with van der Waals surface area (Å²) < 4.78 is 0. The molecule has 0 radical (unpaired) electrons. The van der Waals surface area contributed by atoms with Crippen LogP contribution in [0.2, 0.25) is 0 Å². The zero-order chi connectivity index (χ0) is 46.7. The molecule has 0 aromatic heterocycles. The van der Waals surface area contributed by atoms with Gasteiger partial charge in [0.05, 0.1) is 0 Å². The van der Waals surface area contributed by atoms with Gasteiger partial charge in [-0.1, -0.05) is 229 Å². The van der Waals surface area contributed by atoms with E-state index in [0.29, 0.717) is 0 Å². The van der Waals surface area contributed by atoms with Crippen LogP contribution in [-0.2, 0) is 0 Å². The molecule has 0 fully saturated rings. The number of nitrogens with zero attached hydrogens (tertiary/aromatic N) is 4. The van der Waals surface area contributed by atoms with E-state index in [1.54, 1.807) is 0 Å². The van der Waals surface area contributed by atoms with Gasteiger partial charge in [-0.2, -0.15) is 0 Å². The summed E-state index contributed by atoms with van der Waals surface area (Å²) in [5, 5.41) is 7.86. The minimum absolute atomic E-state index is 1.31. The number of fused-ring (bicyclic) bond motifs is 3. The van der Waals surface area contributed by atoms with Crippen LogP contribution in [0.3, 0.4) is 0 Å². The maximum atomic E-state index is 2.12. The van der Waals surface area contributed by atoms with Crippen molar-refractivity contribution in [3.05, 3.63) is 146 Å². The van der Waals surface area contributed by atoms with Gasteiger partial charge in [0.25, 0.3) is 0 Å². The highest BCUT2D eigenvalue weighted by Gasteiger charge is 1.87. The number of benzene rings is 6. The van der Waals surface area contributed by atoms with E-state index in [1.165, 1.54) is 32.3 Å². The fourth-order valence-corrected chi connectivity index (χ4v) is 3.40. The standard InChI is InChI=1S/3C10H8.4C3H9N.6C2H6/c3*1-2-6-10-8-4-3-7-9(10)5-1;4*1-4(2)3;6*1-2/h3*1-8H;4*1-3H3;6*1-2H3. The van der Waals surface area contributed by atoms with Gasteiger partial charge in [-0.15, -0.1) is 0 Å². The monoisotopic (exact) mass is 801 g/mol. The van der Waals surface area contributed by atoms with Crippen molar-refractivity contribution < 1.29 is 0 Å². The van der Waals surface area contributed by atoms with Gasteiger partial charge in [0, 0.05) is 0 Å². The van der Waals surface area contributed by atoms with Crippen molar-refractivity contribution in [1.29, 1.82) is 0 Å². The van der Waals surface area contributed by atoms with Gasteiger partial charge in [0.2, 0.25) is 0 Å². The third kappa shape index (κ3) is 54.0. The van der Waals surface area contributed by atoms with Crippen molar-refractivity contribution in [2.45, 2.75) is 83.1 Å². The number of hydrogen-bond donors (Lipinski definition) is 0. The first-order valence-electron chi connectivity index (χ1n) is 21.6. The van der Waals surface area contributed by atoms with Gasteiger partial charge in [0.1, 0.15) is 0 Å². The molecular formula is C54H96N4. The molecule has 4 nitrogen and oxygen atoms in total. The van der Waals surface area contributed by atoms with Gasteiger partial charge in [0.15, 0.2) is 0 Å². The van der Waals surface area contributed by atoms with Crippen LogP contribution in [0, 0.1) is 0 Å². The molecule has 0 amide bonds. The summed E-state index contributed by atoms with van der Waals surface area (Å²) in [4.78, 5) is 8.00. The van der Waals surface area contributed by atoms with Crippen molar-refractivity contribution in [3.63, 3.8) is 0 Å². The van der Waals surface area contributed by atoms with Crippen LogP contribution < -0.4 is 0 Å². The van der Waals surface area contributed by atoms with Crippen LogP contribution in [0.15, 0.2) is 146 Å². The molecule has 0 aliphatic heterocycles. The average molecular weight is 801 g/mol.